The number of hydrogen-bond acceptors (Lipinski definition) is 5. The van der Waals surface area contributed by atoms with Crippen molar-refractivity contribution in [3.63, 3.8) is 0 Å². The lowest BCUT2D eigenvalue weighted by atomic mass is 10.3. The first-order chi connectivity index (χ1) is 7.72. The van der Waals surface area contributed by atoms with Crippen LogP contribution >= 0.6 is 0 Å². The van der Waals surface area contributed by atoms with Gasteiger partial charge in [-0.3, -0.25) is 0 Å². The van der Waals surface area contributed by atoms with Crippen LogP contribution in [0.2, 0.25) is 0 Å². The van der Waals surface area contributed by atoms with E-state index in [1.807, 2.05) is 6.92 Å². The van der Waals surface area contributed by atoms with Crippen LogP contribution in [-0.4, -0.2) is 24.9 Å². The Morgan fingerprint density at radius 1 is 1.12 bits per heavy atom. The normalized spacial score (nSPS) is 9.56. The molecule has 0 bridgehead atoms. The van der Waals surface area contributed by atoms with Gasteiger partial charge in [-0.15, -0.1) is 10.1 Å². The fraction of sp³-hybridized carbons (Fsp3) is 0.400. The zero-order valence-electron chi connectivity index (χ0n) is 8.92. The minimum Gasteiger partial charge on any atom is -0.494 e. The van der Waals surface area contributed by atoms with Gasteiger partial charge >= 0.3 is 0 Å². The SMILES string of the molecule is CCOc1ccc(OCCO[N+](=O)[O-])cc1. The minimum absolute atomic E-state index is 0.0831. The number of benzene rings is 1. The van der Waals surface area contributed by atoms with Crippen LogP contribution < -0.4 is 9.47 Å². The molecule has 0 fully saturated rings. The lowest BCUT2D eigenvalue weighted by Gasteiger charge is -2.06. The van der Waals surface area contributed by atoms with Crippen LogP contribution in [0, 0.1) is 10.1 Å². The van der Waals surface area contributed by atoms with Crippen LogP contribution in [-0.2, 0) is 4.84 Å². The van der Waals surface area contributed by atoms with Crippen molar-refractivity contribution in [2.24, 2.45) is 0 Å². The van der Waals surface area contributed by atoms with E-state index in [-0.39, 0.29) is 13.2 Å². The van der Waals surface area contributed by atoms with E-state index >= 15 is 0 Å². The largest absolute Gasteiger partial charge is 0.494 e. The van der Waals surface area contributed by atoms with Crippen molar-refractivity contribution in [2.75, 3.05) is 19.8 Å². The molecule has 0 radical (unpaired) electrons. The van der Waals surface area contributed by atoms with Gasteiger partial charge in [0.1, 0.15) is 24.7 Å². The first-order valence-corrected chi connectivity index (χ1v) is 4.85. The predicted octanol–water partition coefficient (Wildman–Crippen LogP) is 1.67. The summed E-state index contributed by atoms with van der Waals surface area (Å²) in [4.78, 5) is 13.9. The number of rotatable bonds is 7. The Hall–Kier alpha value is -1.98. The van der Waals surface area contributed by atoms with E-state index in [1.165, 1.54) is 0 Å². The Morgan fingerprint density at radius 2 is 1.69 bits per heavy atom. The van der Waals surface area contributed by atoms with Crippen LogP contribution in [0.1, 0.15) is 6.92 Å². The van der Waals surface area contributed by atoms with Crippen LogP contribution in [0.4, 0.5) is 0 Å². The molecule has 88 valence electrons. The minimum atomic E-state index is -0.846. The van der Waals surface area contributed by atoms with Gasteiger partial charge in [0, 0.05) is 0 Å². The Labute approximate surface area is 92.8 Å². The summed E-state index contributed by atoms with van der Waals surface area (Å²) in [6.45, 7) is 2.56. The predicted molar refractivity (Wildman–Crippen MR) is 56.1 cm³/mol. The Kier molecular flexibility index (Phi) is 4.91. The summed E-state index contributed by atoms with van der Waals surface area (Å²) in [6.07, 6.45) is 0. The first kappa shape index (κ1) is 12.1. The summed E-state index contributed by atoms with van der Waals surface area (Å²) in [7, 11) is 0. The summed E-state index contributed by atoms with van der Waals surface area (Å²) in [6, 6.07) is 7.01. The van der Waals surface area contributed by atoms with Gasteiger partial charge in [-0.2, -0.15) is 0 Å². The van der Waals surface area contributed by atoms with Crippen molar-refractivity contribution in [3.05, 3.63) is 34.4 Å². The molecular formula is C10H13NO5. The van der Waals surface area contributed by atoms with Crippen molar-refractivity contribution in [2.45, 2.75) is 6.92 Å². The van der Waals surface area contributed by atoms with Crippen LogP contribution in [0.15, 0.2) is 24.3 Å². The molecule has 0 unspecified atom stereocenters. The monoisotopic (exact) mass is 227 g/mol. The van der Waals surface area contributed by atoms with Crippen LogP contribution in [0.5, 0.6) is 11.5 Å². The van der Waals surface area contributed by atoms with E-state index in [0.29, 0.717) is 12.4 Å². The molecule has 0 spiro atoms. The highest BCUT2D eigenvalue weighted by Gasteiger charge is 1.97. The molecule has 0 heterocycles. The zero-order chi connectivity index (χ0) is 11.8. The second-order valence-electron chi connectivity index (χ2n) is 2.81. The van der Waals surface area contributed by atoms with Crippen molar-refractivity contribution in [3.8, 4) is 11.5 Å². The lowest BCUT2D eigenvalue weighted by molar-refractivity contribution is -0.757. The molecule has 6 heteroatoms. The highest BCUT2D eigenvalue weighted by molar-refractivity contribution is 5.31. The van der Waals surface area contributed by atoms with E-state index in [4.69, 9.17) is 9.47 Å². The first-order valence-electron chi connectivity index (χ1n) is 4.85. The summed E-state index contributed by atoms with van der Waals surface area (Å²) in [5.74, 6) is 1.38. The van der Waals surface area contributed by atoms with Crippen LogP contribution in [0.3, 0.4) is 0 Å². The van der Waals surface area contributed by atoms with Gasteiger partial charge in [0.25, 0.3) is 5.09 Å². The highest BCUT2D eigenvalue weighted by Crippen LogP contribution is 2.17. The second-order valence-corrected chi connectivity index (χ2v) is 2.81. The molecule has 0 aliphatic heterocycles. The van der Waals surface area contributed by atoms with Gasteiger partial charge < -0.3 is 14.3 Å². The molecule has 0 amide bonds. The number of hydrogen-bond donors (Lipinski definition) is 0. The zero-order valence-corrected chi connectivity index (χ0v) is 8.92. The quantitative estimate of drug-likeness (QED) is 0.402. The Bertz CT molecular complexity index is 324. The van der Waals surface area contributed by atoms with Gasteiger partial charge in [0.2, 0.25) is 0 Å². The molecule has 1 rings (SSSR count). The van der Waals surface area contributed by atoms with Crippen molar-refractivity contribution < 1.29 is 19.4 Å². The van der Waals surface area contributed by atoms with Crippen molar-refractivity contribution in [1.29, 1.82) is 0 Å². The maximum atomic E-state index is 9.84. The van der Waals surface area contributed by atoms with Crippen molar-refractivity contribution >= 4 is 0 Å². The average molecular weight is 227 g/mol. The highest BCUT2D eigenvalue weighted by atomic mass is 17.0. The molecule has 16 heavy (non-hydrogen) atoms. The van der Waals surface area contributed by atoms with Gasteiger partial charge in [0.05, 0.1) is 6.61 Å². The molecule has 0 aliphatic carbocycles. The molecule has 6 nitrogen and oxygen atoms in total. The van der Waals surface area contributed by atoms with Crippen molar-refractivity contribution in [1.82, 2.24) is 0 Å². The van der Waals surface area contributed by atoms with E-state index in [1.54, 1.807) is 24.3 Å². The van der Waals surface area contributed by atoms with E-state index in [0.717, 1.165) is 5.75 Å². The van der Waals surface area contributed by atoms with E-state index in [2.05, 4.69) is 4.84 Å². The number of ether oxygens (including phenoxy) is 2. The summed E-state index contributed by atoms with van der Waals surface area (Å²) >= 11 is 0. The third kappa shape index (κ3) is 4.50. The van der Waals surface area contributed by atoms with Gasteiger partial charge in [-0.25, -0.2) is 0 Å². The summed E-state index contributed by atoms with van der Waals surface area (Å²) in [5, 5.41) is 8.99. The number of nitrogens with zero attached hydrogens (tertiary/aromatic N) is 1. The van der Waals surface area contributed by atoms with Gasteiger partial charge in [0.15, 0.2) is 0 Å². The third-order valence-corrected chi connectivity index (χ3v) is 1.68. The Balaban J connectivity index is 2.29. The van der Waals surface area contributed by atoms with Gasteiger partial charge in [-0.05, 0) is 31.2 Å². The van der Waals surface area contributed by atoms with Crippen LogP contribution in [0.25, 0.3) is 0 Å². The maximum absolute atomic E-state index is 9.84. The van der Waals surface area contributed by atoms with E-state index in [9.17, 15) is 10.1 Å². The second kappa shape index (κ2) is 6.49. The van der Waals surface area contributed by atoms with Gasteiger partial charge in [-0.1, -0.05) is 0 Å². The molecule has 1 aromatic carbocycles. The Morgan fingerprint density at radius 3 is 2.19 bits per heavy atom. The molecular weight excluding hydrogens is 214 g/mol. The molecule has 1 aromatic rings. The summed E-state index contributed by atoms with van der Waals surface area (Å²) in [5.41, 5.74) is 0. The fourth-order valence-electron chi connectivity index (χ4n) is 1.07. The summed E-state index contributed by atoms with van der Waals surface area (Å²) < 4.78 is 10.5. The molecule has 0 atom stereocenters. The lowest BCUT2D eigenvalue weighted by Crippen LogP contribution is -2.10. The fourth-order valence-corrected chi connectivity index (χ4v) is 1.07. The molecule has 0 N–H and O–H groups in total. The average Bonchev–Trinajstić information content (AvgIpc) is 2.27. The maximum Gasteiger partial charge on any atom is 0.294 e. The molecule has 0 saturated carbocycles. The smallest absolute Gasteiger partial charge is 0.294 e. The topological polar surface area (TPSA) is 70.8 Å². The third-order valence-electron chi connectivity index (χ3n) is 1.68. The molecule has 0 aromatic heterocycles. The molecule has 0 saturated heterocycles. The van der Waals surface area contributed by atoms with E-state index < -0.39 is 5.09 Å². The standard InChI is InChI=1S/C10H13NO5/c1-2-14-9-3-5-10(6-4-9)15-7-8-16-11(12)13/h3-6H,2,7-8H2,1H3. The molecule has 0 aliphatic rings.